The molecule has 0 radical (unpaired) electrons. The molecule has 0 amide bonds. The molecule has 1 aromatic carbocycles. The van der Waals surface area contributed by atoms with E-state index in [-0.39, 0.29) is 5.82 Å². The van der Waals surface area contributed by atoms with Crippen molar-refractivity contribution in [3.05, 3.63) is 71.9 Å². The molecule has 2 heterocycles. The van der Waals surface area contributed by atoms with Gasteiger partial charge in [-0.1, -0.05) is 18.2 Å². The Morgan fingerprint density at radius 3 is 2.55 bits per heavy atom. The molecular formula is C17H17FN4. The maximum atomic E-state index is 13.6. The second kappa shape index (κ2) is 6.49. The molecule has 4 nitrogen and oxygen atoms in total. The Bertz CT molecular complexity index is 752. The lowest BCUT2D eigenvalue weighted by molar-refractivity contribution is 0.588. The third-order valence-electron chi connectivity index (χ3n) is 3.45. The van der Waals surface area contributed by atoms with E-state index in [0.29, 0.717) is 18.7 Å². The number of aromatic nitrogens is 3. The van der Waals surface area contributed by atoms with Crippen LogP contribution in [0.1, 0.15) is 11.1 Å². The maximum absolute atomic E-state index is 13.6. The maximum Gasteiger partial charge on any atom is 0.127 e. The van der Waals surface area contributed by atoms with E-state index in [1.54, 1.807) is 29.2 Å². The van der Waals surface area contributed by atoms with Crippen LogP contribution in [0.2, 0.25) is 0 Å². The molecule has 3 aromatic rings. The van der Waals surface area contributed by atoms with Crippen molar-refractivity contribution in [3.8, 4) is 11.3 Å². The summed E-state index contributed by atoms with van der Waals surface area (Å²) in [4.78, 5) is 4.03. The fourth-order valence-corrected chi connectivity index (χ4v) is 2.39. The van der Waals surface area contributed by atoms with Crippen LogP contribution in [-0.2, 0) is 20.1 Å². The highest BCUT2D eigenvalue weighted by Crippen LogP contribution is 2.21. The van der Waals surface area contributed by atoms with Crippen molar-refractivity contribution in [1.82, 2.24) is 20.1 Å². The molecule has 5 heteroatoms. The summed E-state index contributed by atoms with van der Waals surface area (Å²) in [7, 11) is 1.89. The van der Waals surface area contributed by atoms with Crippen LogP contribution in [0.15, 0.2) is 55.0 Å². The first-order valence-corrected chi connectivity index (χ1v) is 7.11. The average Bonchev–Trinajstić information content (AvgIpc) is 2.91. The summed E-state index contributed by atoms with van der Waals surface area (Å²) in [6, 6.07) is 10.7. The Morgan fingerprint density at radius 2 is 1.77 bits per heavy atom. The van der Waals surface area contributed by atoms with Crippen molar-refractivity contribution in [1.29, 1.82) is 0 Å². The van der Waals surface area contributed by atoms with Crippen LogP contribution < -0.4 is 5.32 Å². The highest BCUT2D eigenvalue weighted by Gasteiger charge is 2.10. The van der Waals surface area contributed by atoms with Gasteiger partial charge in [0.05, 0.1) is 5.69 Å². The number of hydrogen-bond donors (Lipinski definition) is 1. The predicted molar refractivity (Wildman–Crippen MR) is 83.4 cm³/mol. The van der Waals surface area contributed by atoms with Gasteiger partial charge < -0.3 is 5.32 Å². The molecule has 22 heavy (non-hydrogen) atoms. The monoisotopic (exact) mass is 296 g/mol. The predicted octanol–water partition coefficient (Wildman–Crippen LogP) is 2.91. The van der Waals surface area contributed by atoms with Crippen LogP contribution in [0.3, 0.4) is 0 Å². The molecule has 0 aliphatic rings. The zero-order valence-electron chi connectivity index (χ0n) is 12.3. The molecule has 0 fully saturated rings. The summed E-state index contributed by atoms with van der Waals surface area (Å²) in [6.45, 7) is 1.11. The van der Waals surface area contributed by atoms with Gasteiger partial charge in [0.2, 0.25) is 0 Å². The average molecular weight is 296 g/mol. The summed E-state index contributed by atoms with van der Waals surface area (Å²) in [5, 5.41) is 7.77. The van der Waals surface area contributed by atoms with Crippen LogP contribution >= 0.6 is 0 Å². The largest absolute Gasteiger partial charge is 0.308 e. The summed E-state index contributed by atoms with van der Waals surface area (Å²) < 4.78 is 15.4. The lowest BCUT2D eigenvalue weighted by atomic mass is 10.1. The SMILES string of the molecule is Cn1cc(CNCc2ccccc2F)c(-c2ccncc2)n1. The highest BCUT2D eigenvalue weighted by atomic mass is 19.1. The number of pyridine rings is 1. The molecule has 3 rings (SSSR count). The number of benzene rings is 1. The van der Waals surface area contributed by atoms with Gasteiger partial charge in [-0.3, -0.25) is 9.67 Å². The lowest BCUT2D eigenvalue weighted by Gasteiger charge is -2.06. The van der Waals surface area contributed by atoms with Crippen molar-refractivity contribution >= 4 is 0 Å². The van der Waals surface area contributed by atoms with Crippen LogP contribution in [0, 0.1) is 5.82 Å². The van der Waals surface area contributed by atoms with Gasteiger partial charge in [0.25, 0.3) is 0 Å². The smallest absolute Gasteiger partial charge is 0.127 e. The number of rotatable bonds is 5. The van der Waals surface area contributed by atoms with Gasteiger partial charge in [0.1, 0.15) is 5.82 Å². The molecule has 0 saturated heterocycles. The lowest BCUT2D eigenvalue weighted by Crippen LogP contribution is -2.13. The van der Waals surface area contributed by atoms with Gasteiger partial charge in [-0.05, 0) is 18.2 Å². The van der Waals surface area contributed by atoms with Crippen LogP contribution in [-0.4, -0.2) is 14.8 Å². The minimum Gasteiger partial charge on any atom is -0.308 e. The Morgan fingerprint density at radius 1 is 1.05 bits per heavy atom. The third kappa shape index (κ3) is 3.20. The van der Waals surface area contributed by atoms with Crippen LogP contribution in [0.4, 0.5) is 4.39 Å². The summed E-state index contributed by atoms with van der Waals surface area (Å²) in [5.74, 6) is -0.185. The molecule has 0 spiro atoms. The number of aryl methyl sites for hydroxylation is 1. The van der Waals surface area contributed by atoms with Gasteiger partial charge in [0, 0.05) is 55.4 Å². The second-order valence-electron chi connectivity index (χ2n) is 5.11. The second-order valence-corrected chi connectivity index (χ2v) is 5.11. The summed E-state index contributed by atoms with van der Waals surface area (Å²) in [6.07, 6.45) is 5.48. The number of hydrogen-bond acceptors (Lipinski definition) is 3. The van der Waals surface area contributed by atoms with E-state index in [1.807, 2.05) is 31.4 Å². The van der Waals surface area contributed by atoms with Crippen LogP contribution in [0.25, 0.3) is 11.3 Å². The summed E-state index contributed by atoms with van der Waals surface area (Å²) >= 11 is 0. The van der Waals surface area contributed by atoms with Gasteiger partial charge in [-0.15, -0.1) is 0 Å². The minimum atomic E-state index is -0.185. The third-order valence-corrected chi connectivity index (χ3v) is 3.45. The van der Waals surface area contributed by atoms with Gasteiger partial charge >= 0.3 is 0 Å². The fourth-order valence-electron chi connectivity index (χ4n) is 2.39. The van der Waals surface area contributed by atoms with Crippen molar-refractivity contribution in [2.75, 3.05) is 0 Å². The first kappa shape index (κ1) is 14.4. The zero-order chi connectivity index (χ0) is 15.4. The van der Waals surface area contributed by atoms with Crippen molar-refractivity contribution in [2.45, 2.75) is 13.1 Å². The first-order chi connectivity index (χ1) is 10.7. The Hall–Kier alpha value is -2.53. The van der Waals surface area contributed by atoms with Crippen molar-refractivity contribution in [3.63, 3.8) is 0 Å². The molecule has 0 saturated carbocycles. The molecule has 0 aliphatic carbocycles. The van der Waals surface area contributed by atoms with Crippen LogP contribution in [0.5, 0.6) is 0 Å². The standard InChI is InChI=1S/C17H17FN4/c1-22-12-15(17(21-22)13-6-8-19-9-7-13)11-20-10-14-4-2-3-5-16(14)18/h2-9,12,20H,10-11H2,1H3. The Kier molecular flexibility index (Phi) is 4.25. The van der Waals surface area contributed by atoms with Gasteiger partial charge in [-0.25, -0.2) is 4.39 Å². The van der Waals surface area contributed by atoms with Crippen molar-refractivity contribution in [2.24, 2.45) is 7.05 Å². The number of nitrogens with one attached hydrogen (secondary N) is 1. The van der Waals surface area contributed by atoms with E-state index in [9.17, 15) is 4.39 Å². The topological polar surface area (TPSA) is 42.7 Å². The highest BCUT2D eigenvalue weighted by molar-refractivity contribution is 5.61. The normalized spacial score (nSPS) is 10.8. The molecule has 0 unspecified atom stereocenters. The number of halogens is 1. The molecule has 0 aliphatic heterocycles. The molecular weight excluding hydrogens is 279 g/mol. The number of nitrogens with zero attached hydrogens (tertiary/aromatic N) is 3. The minimum absolute atomic E-state index is 0.185. The zero-order valence-corrected chi connectivity index (χ0v) is 12.3. The van der Waals surface area contributed by atoms with E-state index in [4.69, 9.17) is 0 Å². The van der Waals surface area contributed by atoms with E-state index in [0.717, 1.165) is 16.8 Å². The van der Waals surface area contributed by atoms with Gasteiger partial charge in [0.15, 0.2) is 0 Å². The van der Waals surface area contributed by atoms with E-state index < -0.39 is 0 Å². The Labute approximate surface area is 128 Å². The first-order valence-electron chi connectivity index (χ1n) is 7.11. The van der Waals surface area contributed by atoms with E-state index in [1.165, 1.54) is 6.07 Å². The van der Waals surface area contributed by atoms with E-state index in [2.05, 4.69) is 15.4 Å². The molecule has 0 atom stereocenters. The Balaban J connectivity index is 1.72. The van der Waals surface area contributed by atoms with Crippen molar-refractivity contribution < 1.29 is 4.39 Å². The van der Waals surface area contributed by atoms with Gasteiger partial charge in [-0.2, -0.15) is 5.10 Å². The fraction of sp³-hybridized carbons (Fsp3) is 0.176. The molecule has 1 N–H and O–H groups in total. The molecule has 2 aromatic heterocycles. The van der Waals surface area contributed by atoms with E-state index >= 15 is 0 Å². The molecule has 0 bridgehead atoms. The molecule has 112 valence electrons. The quantitative estimate of drug-likeness (QED) is 0.787. The summed E-state index contributed by atoms with van der Waals surface area (Å²) in [5.41, 5.74) is 3.69.